The van der Waals surface area contributed by atoms with E-state index in [9.17, 15) is 9.90 Å². The maximum atomic E-state index is 12.2. The van der Waals surface area contributed by atoms with E-state index in [1.165, 1.54) is 0 Å². The average molecular weight is 323 g/mol. The van der Waals surface area contributed by atoms with Gasteiger partial charge in [0, 0.05) is 23.8 Å². The van der Waals surface area contributed by atoms with Crippen molar-refractivity contribution in [1.29, 1.82) is 5.26 Å². The summed E-state index contributed by atoms with van der Waals surface area (Å²) in [5, 5.41) is 24.1. The van der Waals surface area contributed by atoms with E-state index < -0.39 is 6.10 Å². The van der Waals surface area contributed by atoms with E-state index >= 15 is 0 Å². The predicted molar refractivity (Wildman–Crippen MR) is 93.7 cm³/mol. The lowest BCUT2D eigenvalue weighted by atomic mass is 10.1. The zero-order valence-electron chi connectivity index (χ0n) is 13.8. The molecule has 0 spiro atoms. The molecule has 0 unspecified atom stereocenters. The fraction of sp³-hybridized carbons (Fsp3) is 0.263. The Morgan fingerprint density at radius 1 is 1.12 bits per heavy atom. The molecule has 0 bridgehead atoms. The van der Waals surface area contributed by atoms with Crippen LogP contribution in [0.2, 0.25) is 0 Å². The topological polar surface area (TPSA) is 85.2 Å². The van der Waals surface area contributed by atoms with Crippen LogP contribution in [0.3, 0.4) is 0 Å². The molecule has 0 aliphatic heterocycles. The first-order chi connectivity index (χ1) is 11.5. The van der Waals surface area contributed by atoms with E-state index in [0.29, 0.717) is 23.4 Å². The molecule has 1 amide bonds. The normalized spacial score (nSPS) is 12.9. The number of carbonyl (C=O) groups is 1. The largest absolute Gasteiger partial charge is 0.392 e. The molecule has 0 radical (unpaired) electrons. The van der Waals surface area contributed by atoms with E-state index in [1.807, 2.05) is 37.3 Å². The van der Waals surface area contributed by atoms with Gasteiger partial charge >= 0.3 is 0 Å². The molecule has 124 valence electrons. The monoisotopic (exact) mass is 323 g/mol. The number of hydrogen-bond acceptors (Lipinski definition) is 4. The third kappa shape index (κ3) is 4.92. The summed E-state index contributed by atoms with van der Waals surface area (Å²) in [6, 6.07) is 16.2. The molecule has 0 aromatic heterocycles. The molecule has 2 atom stereocenters. The van der Waals surface area contributed by atoms with Crippen molar-refractivity contribution in [3.63, 3.8) is 0 Å². The summed E-state index contributed by atoms with van der Waals surface area (Å²) in [7, 11) is 0. The minimum Gasteiger partial charge on any atom is -0.392 e. The van der Waals surface area contributed by atoms with Crippen LogP contribution in [0.4, 0.5) is 5.69 Å². The van der Waals surface area contributed by atoms with Crippen molar-refractivity contribution in [1.82, 2.24) is 5.32 Å². The van der Waals surface area contributed by atoms with Gasteiger partial charge in [0.1, 0.15) is 0 Å². The molecular weight excluding hydrogens is 302 g/mol. The predicted octanol–water partition coefficient (Wildman–Crippen LogP) is 2.84. The fourth-order valence-electron chi connectivity index (χ4n) is 2.22. The van der Waals surface area contributed by atoms with Crippen LogP contribution in [-0.2, 0) is 0 Å². The van der Waals surface area contributed by atoms with Crippen molar-refractivity contribution in [3.8, 4) is 6.07 Å². The summed E-state index contributed by atoms with van der Waals surface area (Å²) in [5.41, 5.74) is 2.81. The molecule has 0 aliphatic carbocycles. The second-order valence-corrected chi connectivity index (χ2v) is 5.74. The summed E-state index contributed by atoms with van der Waals surface area (Å²) >= 11 is 0. The lowest BCUT2D eigenvalue weighted by Gasteiger charge is -2.16. The zero-order chi connectivity index (χ0) is 17.5. The molecule has 24 heavy (non-hydrogen) atoms. The number of carbonyl (C=O) groups excluding carboxylic acids is 1. The molecule has 5 heteroatoms. The molecule has 2 aromatic carbocycles. The molecule has 0 saturated carbocycles. The number of rotatable bonds is 6. The Hall–Kier alpha value is -2.68. The minimum atomic E-state index is -0.390. The van der Waals surface area contributed by atoms with Crippen LogP contribution < -0.4 is 10.6 Å². The van der Waals surface area contributed by atoms with E-state index in [0.717, 1.165) is 5.56 Å². The van der Waals surface area contributed by atoms with Gasteiger partial charge in [0.25, 0.3) is 5.91 Å². The molecule has 2 aromatic rings. The van der Waals surface area contributed by atoms with Crippen LogP contribution in [0.25, 0.3) is 0 Å². The maximum Gasteiger partial charge on any atom is 0.255 e. The average Bonchev–Trinajstić information content (AvgIpc) is 2.60. The Morgan fingerprint density at radius 2 is 1.75 bits per heavy atom. The first-order valence-corrected chi connectivity index (χ1v) is 7.82. The Kier molecular flexibility index (Phi) is 6.07. The summed E-state index contributed by atoms with van der Waals surface area (Å²) in [5.74, 6) is -0.215. The van der Waals surface area contributed by atoms with Gasteiger partial charge in [-0.1, -0.05) is 12.1 Å². The SMILES string of the molecule is C[C@H](NC[C@@H](C)O)c1ccc(NC(=O)c2ccc(C#N)cc2)cc1. The number of aliphatic hydroxyl groups is 1. The second-order valence-electron chi connectivity index (χ2n) is 5.74. The summed E-state index contributed by atoms with van der Waals surface area (Å²) in [4.78, 5) is 12.2. The molecule has 3 N–H and O–H groups in total. The number of hydrogen-bond donors (Lipinski definition) is 3. The summed E-state index contributed by atoms with van der Waals surface area (Å²) in [6.07, 6.45) is -0.390. The van der Waals surface area contributed by atoms with E-state index in [-0.39, 0.29) is 11.9 Å². The Bertz CT molecular complexity index is 716. The van der Waals surface area contributed by atoms with Crippen molar-refractivity contribution in [2.75, 3.05) is 11.9 Å². The van der Waals surface area contributed by atoms with Gasteiger partial charge in [-0.3, -0.25) is 4.79 Å². The molecule has 0 heterocycles. The van der Waals surface area contributed by atoms with Gasteiger partial charge in [0.2, 0.25) is 0 Å². The Labute approximate surface area is 141 Å². The highest BCUT2D eigenvalue weighted by Gasteiger charge is 2.08. The van der Waals surface area contributed by atoms with Crippen LogP contribution in [0.5, 0.6) is 0 Å². The number of nitrogens with one attached hydrogen (secondary N) is 2. The standard InChI is InChI=1S/C19H21N3O2/c1-13(23)12-21-14(2)16-7-9-18(10-8-16)22-19(24)17-5-3-15(11-20)4-6-17/h3-10,13-14,21,23H,12H2,1-2H3,(H,22,24)/t13-,14+/m1/s1. The van der Waals surface area contributed by atoms with Crippen LogP contribution >= 0.6 is 0 Å². The van der Waals surface area contributed by atoms with Gasteiger partial charge in [0.15, 0.2) is 0 Å². The fourth-order valence-corrected chi connectivity index (χ4v) is 2.22. The van der Waals surface area contributed by atoms with E-state index in [1.54, 1.807) is 31.2 Å². The van der Waals surface area contributed by atoms with Crippen molar-refractivity contribution < 1.29 is 9.90 Å². The van der Waals surface area contributed by atoms with Crippen molar-refractivity contribution in [3.05, 3.63) is 65.2 Å². The molecular formula is C19H21N3O2. The lowest BCUT2D eigenvalue weighted by molar-refractivity contribution is 0.102. The van der Waals surface area contributed by atoms with Gasteiger partial charge < -0.3 is 15.7 Å². The van der Waals surface area contributed by atoms with Gasteiger partial charge in [0.05, 0.1) is 17.7 Å². The first kappa shape index (κ1) is 17.7. The van der Waals surface area contributed by atoms with Gasteiger partial charge in [-0.25, -0.2) is 0 Å². The van der Waals surface area contributed by atoms with Crippen LogP contribution in [0, 0.1) is 11.3 Å². The lowest BCUT2D eigenvalue weighted by Crippen LogP contribution is -2.27. The number of nitriles is 1. The number of amides is 1. The molecule has 2 rings (SSSR count). The van der Waals surface area contributed by atoms with Gasteiger partial charge in [-0.15, -0.1) is 0 Å². The zero-order valence-corrected chi connectivity index (χ0v) is 13.8. The number of nitrogens with zero attached hydrogens (tertiary/aromatic N) is 1. The molecule has 0 saturated heterocycles. The van der Waals surface area contributed by atoms with Crippen LogP contribution in [-0.4, -0.2) is 23.7 Å². The number of aliphatic hydroxyl groups excluding tert-OH is 1. The minimum absolute atomic E-state index is 0.114. The number of benzene rings is 2. The highest BCUT2D eigenvalue weighted by Crippen LogP contribution is 2.17. The summed E-state index contributed by atoms with van der Waals surface area (Å²) in [6.45, 7) is 4.28. The first-order valence-electron chi connectivity index (χ1n) is 7.82. The highest BCUT2D eigenvalue weighted by atomic mass is 16.3. The van der Waals surface area contributed by atoms with Crippen molar-refractivity contribution in [2.45, 2.75) is 26.0 Å². The van der Waals surface area contributed by atoms with Crippen molar-refractivity contribution >= 4 is 11.6 Å². The Balaban J connectivity index is 1.97. The van der Waals surface area contributed by atoms with Gasteiger partial charge in [-0.05, 0) is 55.8 Å². The molecule has 5 nitrogen and oxygen atoms in total. The van der Waals surface area contributed by atoms with Crippen LogP contribution in [0.1, 0.15) is 41.4 Å². The third-order valence-electron chi connectivity index (χ3n) is 3.66. The van der Waals surface area contributed by atoms with Gasteiger partial charge in [-0.2, -0.15) is 5.26 Å². The molecule has 0 fully saturated rings. The maximum absolute atomic E-state index is 12.2. The highest BCUT2D eigenvalue weighted by molar-refractivity contribution is 6.04. The van der Waals surface area contributed by atoms with E-state index in [2.05, 4.69) is 10.6 Å². The summed E-state index contributed by atoms with van der Waals surface area (Å²) < 4.78 is 0. The second kappa shape index (κ2) is 8.25. The molecule has 0 aliphatic rings. The van der Waals surface area contributed by atoms with Crippen LogP contribution in [0.15, 0.2) is 48.5 Å². The Morgan fingerprint density at radius 3 is 2.29 bits per heavy atom. The quantitative estimate of drug-likeness (QED) is 0.763. The smallest absolute Gasteiger partial charge is 0.255 e. The third-order valence-corrected chi connectivity index (χ3v) is 3.66. The van der Waals surface area contributed by atoms with E-state index in [4.69, 9.17) is 5.26 Å². The van der Waals surface area contributed by atoms with Crippen molar-refractivity contribution in [2.24, 2.45) is 0 Å². The number of anilines is 1.